The highest BCUT2D eigenvalue weighted by Gasteiger charge is 2.30. The zero-order valence-electron chi connectivity index (χ0n) is 16.2. The second kappa shape index (κ2) is 8.13. The topological polar surface area (TPSA) is 84.7 Å². The van der Waals surface area contributed by atoms with Crippen LogP contribution in [0.25, 0.3) is 0 Å². The van der Waals surface area contributed by atoms with Gasteiger partial charge in [0.2, 0.25) is 10.0 Å². The van der Waals surface area contributed by atoms with Crippen molar-refractivity contribution in [2.24, 2.45) is 0 Å². The van der Waals surface area contributed by atoms with E-state index >= 15 is 0 Å². The van der Waals surface area contributed by atoms with Crippen LogP contribution in [0.2, 0.25) is 0 Å². The van der Waals surface area contributed by atoms with E-state index in [2.05, 4.69) is 10.5 Å². The van der Waals surface area contributed by atoms with Crippen molar-refractivity contribution in [3.05, 3.63) is 35.2 Å². The number of ether oxygens (including phenoxy) is 1. The van der Waals surface area contributed by atoms with Crippen LogP contribution < -0.4 is 10.1 Å². The lowest BCUT2D eigenvalue weighted by Gasteiger charge is -2.19. The van der Waals surface area contributed by atoms with Crippen LogP contribution in [0.3, 0.4) is 0 Å². The van der Waals surface area contributed by atoms with E-state index in [1.54, 1.807) is 16.4 Å². The second-order valence-corrected chi connectivity index (χ2v) is 9.20. The third-order valence-electron chi connectivity index (χ3n) is 5.42. The van der Waals surface area contributed by atoms with E-state index in [-0.39, 0.29) is 4.90 Å². The molecule has 2 aliphatic rings. The van der Waals surface area contributed by atoms with Crippen molar-refractivity contribution in [3.8, 4) is 5.75 Å². The van der Waals surface area contributed by atoms with Gasteiger partial charge in [-0.05, 0) is 57.2 Å². The summed E-state index contributed by atoms with van der Waals surface area (Å²) in [5, 5.41) is 7.51. The van der Waals surface area contributed by atoms with Gasteiger partial charge < -0.3 is 14.6 Å². The van der Waals surface area contributed by atoms with Crippen molar-refractivity contribution in [1.29, 1.82) is 0 Å². The van der Waals surface area contributed by atoms with Crippen molar-refractivity contribution in [2.75, 3.05) is 25.0 Å². The number of anilines is 1. The lowest BCUT2D eigenvalue weighted by molar-refractivity contribution is 0.329. The Balaban J connectivity index is 1.57. The fourth-order valence-corrected chi connectivity index (χ4v) is 5.61. The number of hydrogen-bond acceptors (Lipinski definition) is 6. The third kappa shape index (κ3) is 3.75. The molecule has 28 heavy (non-hydrogen) atoms. The van der Waals surface area contributed by atoms with E-state index in [1.165, 1.54) is 5.56 Å². The average molecular weight is 406 g/mol. The zero-order valence-corrected chi connectivity index (χ0v) is 17.1. The molecule has 1 fully saturated rings. The summed E-state index contributed by atoms with van der Waals surface area (Å²) in [6.45, 7) is 3.91. The molecule has 8 heteroatoms. The van der Waals surface area contributed by atoms with E-state index in [9.17, 15) is 8.42 Å². The maximum Gasteiger partial charge on any atom is 0.246 e. The summed E-state index contributed by atoms with van der Waals surface area (Å²) in [4.78, 5) is 0.225. The molecule has 0 unspecified atom stereocenters. The molecule has 1 N–H and O–H groups in total. The highest BCUT2D eigenvalue weighted by atomic mass is 32.2. The fourth-order valence-electron chi connectivity index (χ4n) is 3.94. The van der Waals surface area contributed by atoms with Gasteiger partial charge in [-0.3, -0.25) is 0 Å². The fraction of sp³-hybridized carbons (Fsp3) is 0.550. The monoisotopic (exact) mass is 405 g/mol. The molecular formula is C20H27N3O4S. The molecule has 4 rings (SSSR count). The molecule has 1 aliphatic heterocycles. The standard InChI is InChI=1S/C20H27N3O4S/c1-2-26-19-10-9-15(13-20(19)28(24,25)23-11-5-6-12-23)21-14-17-16-7-3-4-8-18(16)27-22-17/h9-10,13,21H,2-8,11-12,14H2,1H3. The smallest absolute Gasteiger partial charge is 0.246 e. The van der Waals surface area contributed by atoms with Crippen molar-refractivity contribution in [3.63, 3.8) is 0 Å². The third-order valence-corrected chi connectivity index (χ3v) is 7.34. The first-order valence-corrected chi connectivity index (χ1v) is 11.5. The summed E-state index contributed by atoms with van der Waals surface area (Å²) < 4.78 is 38.8. The number of sulfonamides is 1. The molecule has 0 spiro atoms. The summed E-state index contributed by atoms with van der Waals surface area (Å²) in [6.07, 6.45) is 6.04. The normalized spacial score (nSPS) is 17.5. The van der Waals surface area contributed by atoms with Crippen molar-refractivity contribution in [1.82, 2.24) is 9.46 Å². The van der Waals surface area contributed by atoms with Gasteiger partial charge in [-0.2, -0.15) is 4.31 Å². The van der Waals surface area contributed by atoms with Gasteiger partial charge in [0, 0.05) is 30.8 Å². The quantitative estimate of drug-likeness (QED) is 0.760. The number of aryl methyl sites for hydroxylation is 1. The Hall–Kier alpha value is -2.06. The molecule has 0 bridgehead atoms. The van der Waals surface area contributed by atoms with Crippen LogP contribution in [-0.4, -0.2) is 37.6 Å². The van der Waals surface area contributed by atoms with Crippen molar-refractivity contribution >= 4 is 15.7 Å². The highest BCUT2D eigenvalue weighted by molar-refractivity contribution is 7.89. The SMILES string of the molecule is CCOc1ccc(NCc2noc3c2CCCC3)cc1S(=O)(=O)N1CCCC1. The zero-order chi connectivity index (χ0) is 19.6. The van der Waals surface area contributed by atoms with E-state index in [4.69, 9.17) is 9.26 Å². The van der Waals surface area contributed by atoms with Crippen LogP contribution in [0.1, 0.15) is 49.6 Å². The molecule has 7 nitrogen and oxygen atoms in total. The van der Waals surface area contributed by atoms with Gasteiger partial charge in [0.1, 0.15) is 22.1 Å². The lowest BCUT2D eigenvalue weighted by Crippen LogP contribution is -2.28. The first kappa shape index (κ1) is 19.3. The van der Waals surface area contributed by atoms with Crippen LogP contribution in [0, 0.1) is 0 Å². The first-order valence-electron chi connectivity index (χ1n) is 10.1. The van der Waals surface area contributed by atoms with E-state index < -0.39 is 10.0 Å². The summed E-state index contributed by atoms with van der Waals surface area (Å²) >= 11 is 0. The van der Waals surface area contributed by atoms with E-state index in [0.29, 0.717) is 32.0 Å². The minimum atomic E-state index is -3.57. The van der Waals surface area contributed by atoms with Crippen LogP contribution >= 0.6 is 0 Å². The Kier molecular flexibility index (Phi) is 5.59. The molecule has 0 radical (unpaired) electrons. The van der Waals surface area contributed by atoms with Crippen LogP contribution in [-0.2, 0) is 29.4 Å². The lowest BCUT2D eigenvalue weighted by atomic mass is 9.96. The molecular weight excluding hydrogens is 378 g/mol. The molecule has 1 saturated heterocycles. The maximum atomic E-state index is 13.1. The average Bonchev–Trinajstić information content (AvgIpc) is 3.38. The first-order chi connectivity index (χ1) is 13.6. The number of nitrogens with one attached hydrogen (secondary N) is 1. The Bertz CT molecular complexity index is 933. The Morgan fingerprint density at radius 1 is 1.18 bits per heavy atom. The van der Waals surface area contributed by atoms with Gasteiger partial charge in [0.15, 0.2) is 0 Å². The molecule has 1 aliphatic carbocycles. The summed E-state index contributed by atoms with van der Waals surface area (Å²) in [6, 6.07) is 5.25. The molecule has 1 aromatic heterocycles. The second-order valence-electron chi connectivity index (χ2n) is 7.30. The number of fused-ring (bicyclic) bond motifs is 1. The minimum Gasteiger partial charge on any atom is -0.492 e. The highest BCUT2D eigenvalue weighted by Crippen LogP contribution is 2.32. The van der Waals surface area contributed by atoms with Gasteiger partial charge in [-0.1, -0.05) is 5.16 Å². The van der Waals surface area contributed by atoms with Crippen LogP contribution in [0.15, 0.2) is 27.6 Å². The number of benzene rings is 1. The van der Waals surface area contributed by atoms with E-state index in [0.717, 1.165) is 55.7 Å². The summed E-state index contributed by atoms with van der Waals surface area (Å²) in [7, 11) is -3.57. The Labute approximate surface area is 166 Å². The van der Waals surface area contributed by atoms with Crippen LogP contribution in [0.5, 0.6) is 5.75 Å². The van der Waals surface area contributed by atoms with Gasteiger partial charge in [0.25, 0.3) is 0 Å². The molecule has 2 aromatic rings. The number of aromatic nitrogens is 1. The van der Waals surface area contributed by atoms with E-state index in [1.807, 2.05) is 13.0 Å². The Morgan fingerprint density at radius 2 is 1.96 bits per heavy atom. The molecule has 0 saturated carbocycles. The van der Waals surface area contributed by atoms with Gasteiger partial charge in [0.05, 0.1) is 13.2 Å². The largest absolute Gasteiger partial charge is 0.492 e. The minimum absolute atomic E-state index is 0.225. The van der Waals surface area contributed by atoms with Crippen molar-refractivity contribution < 1.29 is 17.7 Å². The predicted molar refractivity (Wildman–Crippen MR) is 106 cm³/mol. The van der Waals surface area contributed by atoms with Crippen molar-refractivity contribution in [2.45, 2.75) is 56.9 Å². The number of rotatable bonds is 7. The molecule has 1 aromatic carbocycles. The molecule has 0 amide bonds. The Morgan fingerprint density at radius 3 is 2.75 bits per heavy atom. The number of hydrogen-bond donors (Lipinski definition) is 1. The van der Waals surface area contributed by atoms with Gasteiger partial charge in [-0.15, -0.1) is 0 Å². The maximum absolute atomic E-state index is 13.1. The van der Waals surface area contributed by atoms with Gasteiger partial charge in [-0.25, -0.2) is 8.42 Å². The molecule has 0 atom stereocenters. The predicted octanol–water partition coefficient (Wildman–Crippen LogP) is 3.35. The molecule has 152 valence electrons. The summed E-state index contributed by atoms with van der Waals surface area (Å²) in [5.74, 6) is 1.39. The summed E-state index contributed by atoms with van der Waals surface area (Å²) in [5.41, 5.74) is 2.84. The van der Waals surface area contributed by atoms with Gasteiger partial charge >= 0.3 is 0 Å². The number of nitrogens with zero attached hydrogens (tertiary/aromatic N) is 2. The van der Waals surface area contributed by atoms with Crippen LogP contribution in [0.4, 0.5) is 5.69 Å². The molecule has 2 heterocycles.